The zero-order chi connectivity index (χ0) is 18.0. The van der Waals surface area contributed by atoms with Crippen LogP contribution in [-0.2, 0) is 17.8 Å². The van der Waals surface area contributed by atoms with E-state index < -0.39 is 0 Å². The van der Waals surface area contributed by atoms with Gasteiger partial charge in [0.1, 0.15) is 0 Å². The van der Waals surface area contributed by atoms with Gasteiger partial charge in [-0.25, -0.2) is 4.68 Å². The summed E-state index contributed by atoms with van der Waals surface area (Å²) in [7, 11) is 0. The van der Waals surface area contributed by atoms with Crippen LogP contribution in [-0.4, -0.2) is 25.5 Å². The van der Waals surface area contributed by atoms with E-state index in [1.54, 1.807) is 6.20 Å². The lowest BCUT2D eigenvalue weighted by Crippen LogP contribution is -2.16. The lowest BCUT2D eigenvalue weighted by atomic mass is 10.1. The second-order valence-electron chi connectivity index (χ2n) is 6.08. The van der Waals surface area contributed by atoms with Crippen molar-refractivity contribution in [3.8, 4) is 5.69 Å². The molecule has 2 heterocycles. The first-order valence-corrected chi connectivity index (χ1v) is 8.44. The summed E-state index contributed by atoms with van der Waals surface area (Å²) in [6, 6.07) is 9.94. The van der Waals surface area contributed by atoms with Crippen molar-refractivity contribution in [2.24, 2.45) is 0 Å². The Hall–Kier alpha value is -2.89. The number of aromatic nitrogens is 4. The number of nitrogens with one attached hydrogen (secondary N) is 1. The number of rotatable bonds is 5. The van der Waals surface area contributed by atoms with Gasteiger partial charge in [-0.05, 0) is 39.8 Å². The van der Waals surface area contributed by atoms with Gasteiger partial charge in [0.05, 0.1) is 35.4 Å². The monoisotopic (exact) mass is 337 g/mol. The molecule has 130 valence electrons. The van der Waals surface area contributed by atoms with E-state index in [1.165, 1.54) is 0 Å². The average molecular weight is 337 g/mol. The van der Waals surface area contributed by atoms with Crippen molar-refractivity contribution in [3.05, 3.63) is 59.2 Å². The SMILES string of the molecule is CCn1ncc(NC(=O)Cc2c(C)nn(-c3ccccc3)c2C)c1C. The molecule has 0 fully saturated rings. The Morgan fingerprint density at radius 2 is 1.84 bits per heavy atom. The van der Waals surface area contributed by atoms with Crippen LogP contribution in [0, 0.1) is 20.8 Å². The fourth-order valence-electron chi connectivity index (χ4n) is 2.99. The van der Waals surface area contributed by atoms with Gasteiger partial charge in [0.25, 0.3) is 0 Å². The molecular formula is C19H23N5O. The van der Waals surface area contributed by atoms with E-state index in [0.29, 0.717) is 6.42 Å². The highest BCUT2D eigenvalue weighted by Gasteiger charge is 2.17. The quantitative estimate of drug-likeness (QED) is 0.777. The zero-order valence-electron chi connectivity index (χ0n) is 15.1. The molecule has 6 heteroatoms. The summed E-state index contributed by atoms with van der Waals surface area (Å²) in [5.41, 5.74) is 5.54. The third-order valence-corrected chi connectivity index (χ3v) is 4.46. The molecule has 0 aliphatic heterocycles. The fraction of sp³-hybridized carbons (Fsp3) is 0.316. The molecule has 0 unspecified atom stereocenters. The smallest absolute Gasteiger partial charge is 0.229 e. The standard InChI is InChI=1S/C19H23N5O/c1-5-23-15(4)18(12-20-23)21-19(25)11-17-13(2)22-24(14(17)3)16-9-7-6-8-10-16/h6-10,12H,5,11H2,1-4H3,(H,21,25). The molecule has 0 bridgehead atoms. The van der Waals surface area contributed by atoms with E-state index in [9.17, 15) is 4.79 Å². The van der Waals surface area contributed by atoms with Crippen LogP contribution in [0.5, 0.6) is 0 Å². The Balaban J connectivity index is 1.80. The summed E-state index contributed by atoms with van der Waals surface area (Å²) < 4.78 is 3.75. The molecule has 0 aliphatic rings. The number of carbonyl (C=O) groups is 1. The highest BCUT2D eigenvalue weighted by Crippen LogP contribution is 2.20. The largest absolute Gasteiger partial charge is 0.323 e. The maximum absolute atomic E-state index is 12.5. The second-order valence-corrected chi connectivity index (χ2v) is 6.08. The minimum Gasteiger partial charge on any atom is -0.323 e. The number of anilines is 1. The zero-order valence-corrected chi connectivity index (χ0v) is 15.1. The van der Waals surface area contributed by atoms with Gasteiger partial charge in [-0.15, -0.1) is 0 Å². The van der Waals surface area contributed by atoms with E-state index in [4.69, 9.17) is 0 Å². The molecule has 1 N–H and O–H groups in total. The highest BCUT2D eigenvalue weighted by molar-refractivity contribution is 5.92. The van der Waals surface area contributed by atoms with Crippen LogP contribution in [0.3, 0.4) is 0 Å². The third-order valence-electron chi connectivity index (χ3n) is 4.46. The Morgan fingerprint density at radius 3 is 2.48 bits per heavy atom. The second kappa shape index (κ2) is 6.93. The van der Waals surface area contributed by atoms with Gasteiger partial charge in [0.15, 0.2) is 0 Å². The maximum Gasteiger partial charge on any atom is 0.229 e. The van der Waals surface area contributed by atoms with E-state index in [0.717, 1.165) is 40.6 Å². The molecule has 25 heavy (non-hydrogen) atoms. The lowest BCUT2D eigenvalue weighted by molar-refractivity contribution is -0.115. The molecule has 0 saturated carbocycles. The maximum atomic E-state index is 12.5. The highest BCUT2D eigenvalue weighted by atomic mass is 16.1. The van der Waals surface area contributed by atoms with Gasteiger partial charge in [-0.2, -0.15) is 10.2 Å². The van der Waals surface area contributed by atoms with Gasteiger partial charge in [0, 0.05) is 17.8 Å². The topological polar surface area (TPSA) is 64.7 Å². The molecule has 1 amide bonds. The predicted octanol–water partition coefficient (Wildman–Crippen LogP) is 3.20. The van der Waals surface area contributed by atoms with Crippen molar-refractivity contribution < 1.29 is 4.79 Å². The molecule has 1 aromatic carbocycles. The van der Waals surface area contributed by atoms with Crippen molar-refractivity contribution >= 4 is 11.6 Å². The minimum atomic E-state index is -0.0578. The van der Waals surface area contributed by atoms with Gasteiger partial charge < -0.3 is 5.32 Å². The van der Waals surface area contributed by atoms with Crippen molar-refractivity contribution in [1.29, 1.82) is 0 Å². The Kier molecular flexibility index (Phi) is 4.70. The van der Waals surface area contributed by atoms with Crippen molar-refractivity contribution in [1.82, 2.24) is 19.6 Å². The molecule has 0 radical (unpaired) electrons. The van der Waals surface area contributed by atoms with Crippen LogP contribution in [0.25, 0.3) is 5.69 Å². The number of benzene rings is 1. The summed E-state index contributed by atoms with van der Waals surface area (Å²) in [4.78, 5) is 12.5. The first-order valence-electron chi connectivity index (χ1n) is 8.44. The predicted molar refractivity (Wildman–Crippen MR) is 98.0 cm³/mol. The summed E-state index contributed by atoms with van der Waals surface area (Å²) >= 11 is 0. The summed E-state index contributed by atoms with van der Waals surface area (Å²) in [6.45, 7) is 8.70. The Bertz CT molecular complexity index is 892. The first-order chi connectivity index (χ1) is 12.0. The fourth-order valence-corrected chi connectivity index (χ4v) is 2.99. The number of hydrogen-bond acceptors (Lipinski definition) is 3. The van der Waals surface area contributed by atoms with Crippen molar-refractivity contribution in [2.45, 2.75) is 40.7 Å². The molecule has 0 aliphatic carbocycles. The number of hydrogen-bond donors (Lipinski definition) is 1. The van der Waals surface area contributed by atoms with E-state index in [2.05, 4.69) is 15.5 Å². The van der Waals surface area contributed by atoms with E-state index in [-0.39, 0.29) is 5.91 Å². The molecule has 0 spiro atoms. The minimum absolute atomic E-state index is 0.0578. The number of amides is 1. The molecule has 3 rings (SSSR count). The van der Waals surface area contributed by atoms with Crippen LogP contribution in [0.2, 0.25) is 0 Å². The number of aryl methyl sites for hydroxylation is 2. The van der Waals surface area contributed by atoms with Gasteiger partial charge in [-0.1, -0.05) is 18.2 Å². The van der Waals surface area contributed by atoms with Crippen LogP contribution in [0.15, 0.2) is 36.5 Å². The van der Waals surface area contributed by atoms with E-state index >= 15 is 0 Å². The summed E-state index contributed by atoms with van der Waals surface area (Å²) in [6.07, 6.45) is 1.99. The Morgan fingerprint density at radius 1 is 1.12 bits per heavy atom. The van der Waals surface area contributed by atoms with E-state index in [1.807, 2.05) is 67.4 Å². The van der Waals surface area contributed by atoms with Gasteiger partial charge in [-0.3, -0.25) is 9.48 Å². The Labute approximate surface area is 147 Å². The molecule has 0 atom stereocenters. The lowest BCUT2D eigenvalue weighted by Gasteiger charge is -2.07. The molecular weight excluding hydrogens is 314 g/mol. The van der Waals surface area contributed by atoms with Crippen LogP contribution in [0.1, 0.15) is 29.6 Å². The van der Waals surface area contributed by atoms with Crippen LogP contribution in [0.4, 0.5) is 5.69 Å². The molecule has 6 nitrogen and oxygen atoms in total. The summed E-state index contributed by atoms with van der Waals surface area (Å²) in [5, 5.41) is 11.8. The molecule has 2 aromatic heterocycles. The van der Waals surface area contributed by atoms with Gasteiger partial charge >= 0.3 is 0 Å². The van der Waals surface area contributed by atoms with Crippen LogP contribution >= 0.6 is 0 Å². The first kappa shape index (κ1) is 17.0. The normalized spacial score (nSPS) is 10.9. The van der Waals surface area contributed by atoms with Crippen molar-refractivity contribution in [2.75, 3.05) is 5.32 Å². The molecule has 3 aromatic rings. The number of nitrogens with zero attached hydrogens (tertiary/aromatic N) is 4. The third kappa shape index (κ3) is 3.33. The number of para-hydroxylation sites is 1. The average Bonchev–Trinajstić information content (AvgIpc) is 3.10. The van der Waals surface area contributed by atoms with Gasteiger partial charge in [0.2, 0.25) is 5.91 Å². The van der Waals surface area contributed by atoms with Crippen molar-refractivity contribution in [3.63, 3.8) is 0 Å². The van der Waals surface area contributed by atoms with Crippen LogP contribution < -0.4 is 5.32 Å². The number of carbonyl (C=O) groups excluding carboxylic acids is 1. The molecule has 0 saturated heterocycles. The summed E-state index contributed by atoms with van der Waals surface area (Å²) in [5.74, 6) is -0.0578.